The molecule has 1 saturated carbocycles. The molecule has 84 valence electrons. The van der Waals surface area contributed by atoms with E-state index >= 15 is 0 Å². The van der Waals surface area contributed by atoms with E-state index < -0.39 is 5.60 Å². The van der Waals surface area contributed by atoms with E-state index in [1.165, 1.54) is 0 Å². The van der Waals surface area contributed by atoms with Crippen LogP contribution in [0.1, 0.15) is 47.0 Å². The zero-order valence-electron chi connectivity index (χ0n) is 10.0. The van der Waals surface area contributed by atoms with E-state index in [1.807, 2.05) is 0 Å². The maximum atomic E-state index is 10.3. The first kappa shape index (κ1) is 12.0. The van der Waals surface area contributed by atoms with Crippen molar-refractivity contribution in [2.24, 2.45) is 11.8 Å². The van der Waals surface area contributed by atoms with E-state index in [2.05, 4.69) is 33.0 Å². The number of nitrogens with one attached hydrogen (secondary N) is 1. The number of rotatable bonds is 3. The minimum absolute atomic E-state index is 0.448. The Morgan fingerprint density at radius 3 is 2.50 bits per heavy atom. The van der Waals surface area contributed by atoms with Gasteiger partial charge in [0, 0.05) is 12.6 Å². The molecule has 1 fully saturated rings. The van der Waals surface area contributed by atoms with Crippen LogP contribution in [0.3, 0.4) is 0 Å². The van der Waals surface area contributed by atoms with E-state index in [1.54, 1.807) is 0 Å². The molecule has 0 aromatic heterocycles. The van der Waals surface area contributed by atoms with Gasteiger partial charge in [-0.25, -0.2) is 0 Å². The van der Waals surface area contributed by atoms with E-state index in [0.29, 0.717) is 12.0 Å². The maximum absolute atomic E-state index is 10.3. The number of hydrogen-bond acceptors (Lipinski definition) is 2. The van der Waals surface area contributed by atoms with Crippen LogP contribution in [0.4, 0.5) is 0 Å². The summed E-state index contributed by atoms with van der Waals surface area (Å²) in [6.45, 7) is 9.54. The van der Waals surface area contributed by atoms with Crippen LogP contribution in [-0.2, 0) is 0 Å². The second-order valence-electron chi connectivity index (χ2n) is 5.46. The first-order valence-electron chi connectivity index (χ1n) is 5.89. The van der Waals surface area contributed by atoms with E-state index in [0.717, 1.165) is 31.7 Å². The molecule has 0 aliphatic heterocycles. The lowest BCUT2D eigenvalue weighted by molar-refractivity contribution is -0.0282. The minimum atomic E-state index is -0.448. The van der Waals surface area contributed by atoms with Crippen molar-refractivity contribution in [1.29, 1.82) is 0 Å². The molecule has 0 heterocycles. The second kappa shape index (κ2) is 4.63. The summed E-state index contributed by atoms with van der Waals surface area (Å²) in [7, 11) is 0. The van der Waals surface area contributed by atoms with E-state index in [9.17, 15) is 5.11 Å². The van der Waals surface area contributed by atoms with Gasteiger partial charge in [-0.2, -0.15) is 0 Å². The Hall–Kier alpha value is -0.0800. The Kier molecular flexibility index (Phi) is 3.96. The lowest BCUT2D eigenvalue weighted by Crippen LogP contribution is -2.47. The largest absolute Gasteiger partial charge is 0.389 e. The quantitative estimate of drug-likeness (QED) is 0.730. The van der Waals surface area contributed by atoms with Gasteiger partial charge in [0.1, 0.15) is 0 Å². The van der Waals surface area contributed by atoms with Crippen LogP contribution >= 0.6 is 0 Å². The van der Waals surface area contributed by atoms with Gasteiger partial charge in [-0.15, -0.1) is 0 Å². The van der Waals surface area contributed by atoms with Gasteiger partial charge < -0.3 is 10.4 Å². The van der Waals surface area contributed by atoms with Crippen molar-refractivity contribution in [3.8, 4) is 0 Å². The van der Waals surface area contributed by atoms with Gasteiger partial charge >= 0.3 is 0 Å². The van der Waals surface area contributed by atoms with Gasteiger partial charge in [0.05, 0.1) is 5.60 Å². The molecule has 2 nitrogen and oxygen atoms in total. The van der Waals surface area contributed by atoms with E-state index in [4.69, 9.17) is 0 Å². The fraction of sp³-hybridized carbons (Fsp3) is 1.00. The number of aliphatic hydroxyl groups is 1. The molecule has 0 saturated heterocycles. The lowest BCUT2D eigenvalue weighted by Gasteiger charge is -2.39. The van der Waals surface area contributed by atoms with Crippen molar-refractivity contribution >= 4 is 0 Å². The van der Waals surface area contributed by atoms with Gasteiger partial charge in [0.15, 0.2) is 0 Å². The molecule has 0 spiro atoms. The van der Waals surface area contributed by atoms with Crippen LogP contribution in [0.2, 0.25) is 0 Å². The molecule has 1 rings (SSSR count). The summed E-state index contributed by atoms with van der Waals surface area (Å²) >= 11 is 0. The summed E-state index contributed by atoms with van der Waals surface area (Å²) in [5, 5.41) is 13.7. The predicted octanol–water partition coefficient (Wildman–Crippen LogP) is 2.17. The fourth-order valence-electron chi connectivity index (χ4n) is 2.24. The highest BCUT2D eigenvalue weighted by Gasteiger charge is 2.35. The third-order valence-corrected chi connectivity index (χ3v) is 3.58. The molecule has 1 aliphatic rings. The van der Waals surface area contributed by atoms with Gasteiger partial charge in [-0.1, -0.05) is 27.7 Å². The zero-order valence-corrected chi connectivity index (χ0v) is 10.0. The van der Waals surface area contributed by atoms with Crippen molar-refractivity contribution in [3.63, 3.8) is 0 Å². The van der Waals surface area contributed by atoms with Crippen LogP contribution in [0.5, 0.6) is 0 Å². The standard InChI is InChI=1S/C12H25NO/c1-9(2)13-8-12(14)6-5-10(3)11(4)7-12/h9-11,13-14H,5-8H2,1-4H3. The van der Waals surface area contributed by atoms with Crippen molar-refractivity contribution in [2.75, 3.05) is 6.54 Å². The molecular formula is C12H25NO. The molecule has 3 unspecified atom stereocenters. The molecule has 3 atom stereocenters. The third kappa shape index (κ3) is 3.25. The maximum Gasteiger partial charge on any atom is 0.0774 e. The smallest absolute Gasteiger partial charge is 0.0774 e. The third-order valence-electron chi connectivity index (χ3n) is 3.58. The second-order valence-corrected chi connectivity index (χ2v) is 5.46. The first-order chi connectivity index (χ1) is 6.43. The van der Waals surface area contributed by atoms with Crippen LogP contribution < -0.4 is 5.32 Å². The first-order valence-corrected chi connectivity index (χ1v) is 5.89. The van der Waals surface area contributed by atoms with Gasteiger partial charge in [-0.3, -0.25) is 0 Å². The van der Waals surface area contributed by atoms with Crippen molar-refractivity contribution < 1.29 is 5.11 Å². The van der Waals surface area contributed by atoms with Gasteiger partial charge in [-0.05, 0) is 31.1 Å². The molecule has 0 aromatic carbocycles. The van der Waals surface area contributed by atoms with Gasteiger partial charge in [0.25, 0.3) is 0 Å². The fourth-order valence-corrected chi connectivity index (χ4v) is 2.24. The number of hydrogen-bond donors (Lipinski definition) is 2. The Bertz CT molecular complexity index is 181. The molecular weight excluding hydrogens is 174 g/mol. The van der Waals surface area contributed by atoms with E-state index in [-0.39, 0.29) is 0 Å². The molecule has 0 bridgehead atoms. The van der Waals surface area contributed by atoms with Crippen molar-refractivity contribution in [1.82, 2.24) is 5.32 Å². The van der Waals surface area contributed by atoms with Crippen molar-refractivity contribution in [2.45, 2.75) is 58.6 Å². The monoisotopic (exact) mass is 199 g/mol. The van der Waals surface area contributed by atoms with Crippen LogP contribution in [0.25, 0.3) is 0 Å². The molecule has 0 amide bonds. The molecule has 2 N–H and O–H groups in total. The highest BCUT2D eigenvalue weighted by atomic mass is 16.3. The molecule has 1 aliphatic carbocycles. The Balaban J connectivity index is 2.41. The minimum Gasteiger partial charge on any atom is -0.389 e. The summed E-state index contributed by atoms with van der Waals surface area (Å²) < 4.78 is 0. The summed E-state index contributed by atoms with van der Waals surface area (Å²) in [6, 6.07) is 0.466. The van der Waals surface area contributed by atoms with Gasteiger partial charge in [0.2, 0.25) is 0 Å². The highest BCUT2D eigenvalue weighted by Crippen LogP contribution is 2.35. The Morgan fingerprint density at radius 1 is 1.36 bits per heavy atom. The van der Waals surface area contributed by atoms with Crippen LogP contribution in [0, 0.1) is 11.8 Å². The summed E-state index contributed by atoms with van der Waals surface area (Å²) in [5.74, 6) is 1.43. The average molecular weight is 199 g/mol. The summed E-state index contributed by atoms with van der Waals surface area (Å²) in [6.07, 6.45) is 3.07. The molecule has 2 heteroatoms. The SMILES string of the molecule is CC(C)NCC1(O)CCC(C)C(C)C1. The van der Waals surface area contributed by atoms with Crippen LogP contribution in [0.15, 0.2) is 0 Å². The molecule has 14 heavy (non-hydrogen) atoms. The summed E-state index contributed by atoms with van der Waals surface area (Å²) in [5.41, 5.74) is -0.448. The molecule has 0 aromatic rings. The Morgan fingerprint density at radius 2 is 2.00 bits per heavy atom. The predicted molar refractivity (Wildman–Crippen MR) is 60.3 cm³/mol. The zero-order chi connectivity index (χ0) is 10.8. The normalized spacial score (nSPS) is 39.0. The average Bonchev–Trinajstić information content (AvgIpc) is 2.09. The van der Waals surface area contributed by atoms with Crippen LogP contribution in [-0.4, -0.2) is 23.3 Å². The molecule has 0 radical (unpaired) electrons. The Labute approximate surface area is 88.1 Å². The highest BCUT2D eigenvalue weighted by molar-refractivity contribution is 4.89. The van der Waals surface area contributed by atoms with Crippen molar-refractivity contribution in [3.05, 3.63) is 0 Å². The lowest BCUT2D eigenvalue weighted by atomic mass is 9.73. The topological polar surface area (TPSA) is 32.3 Å². The summed E-state index contributed by atoms with van der Waals surface area (Å²) in [4.78, 5) is 0.